The molecular formula is C18H19FN3S+. The summed E-state index contributed by atoms with van der Waals surface area (Å²) in [4.78, 5) is 8.64. The Hall–Kier alpha value is -1.98. The van der Waals surface area contributed by atoms with Crippen molar-refractivity contribution in [3.63, 3.8) is 0 Å². The number of fused-ring (bicyclic) bond motifs is 1. The van der Waals surface area contributed by atoms with Crippen LogP contribution in [0, 0.1) is 5.82 Å². The normalized spacial score (nSPS) is 16.1. The SMILES string of the molecule is Fc1ccc(N2CC[NH+](Cc3nc4ccccc4s3)CC2)cc1. The summed E-state index contributed by atoms with van der Waals surface area (Å²) in [5.74, 6) is -0.172. The molecule has 1 aromatic heterocycles. The van der Waals surface area contributed by atoms with E-state index in [4.69, 9.17) is 4.98 Å². The molecule has 1 saturated heterocycles. The number of nitrogens with one attached hydrogen (secondary N) is 1. The molecule has 1 N–H and O–H groups in total. The summed E-state index contributed by atoms with van der Waals surface area (Å²) in [5, 5.41) is 1.22. The maximum Gasteiger partial charge on any atom is 0.148 e. The summed E-state index contributed by atoms with van der Waals surface area (Å²) < 4.78 is 14.3. The van der Waals surface area contributed by atoms with Crippen LogP contribution in [0.25, 0.3) is 10.2 Å². The molecule has 5 heteroatoms. The van der Waals surface area contributed by atoms with Crippen molar-refractivity contribution in [1.82, 2.24) is 4.98 Å². The fourth-order valence-corrected chi connectivity index (χ4v) is 4.16. The van der Waals surface area contributed by atoms with E-state index in [1.807, 2.05) is 18.2 Å². The van der Waals surface area contributed by atoms with Crippen LogP contribution >= 0.6 is 11.3 Å². The molecule has 0 atom stereocenters. The maximum atomic E-state index is 13.0. The number of aromatic nitrogens is 1. The molecule has 0 saturated carbocycles. The van der Waals surface area contributed by atoms with Crippen LogP contribution in [-0.4, -0.2) is 31.2 Å². The summed E-state index contributed by atoms with van der Waals surface area (Å²) in [5.41, 5.74) is 2.22. The van der Waals surface area contributed by atoms with Gasteiger partial charge in [0.15, 0.2) is 0 Å². The molecule has 118 valence electrons. The molecule has 3 nitrogen and oxygen atoms in total. The van der Waals surface area contributed by atoms with E-state index in [-0.39, 0.29) is 5.82 Å². The summed E-state index contributed by atoms with van der Waals surface area (Å²) in [6.45, 7) is 5.19. The van der Waals surface area contributed by atoms with Crippen molar-refractivity contribution >= 4 is 27.2 Å². The number of quaternary nitrogens is 1. The number of para-hydroxylation sites is 1. The van der Waals surface area contributed by atoms with Crippen molar-refractivity contribution < 1.29 is 9.29 Å². The largest absolute Gasteiger partial charge is 0.360 e. The van der Waals surface area contributed by atoms with Crippen LogP contribution in [0.3, 0.4) is 0 Å². The quantitative estimate of drug-likeness (QED) is 0.796. The molecule has 1 aliphatic rings. The predicted molar refractivity (Wildman–Crippen MR) is 92.6 cm³/mol. The van der Waals surface area contributed by atoms with Gasteiger partial charge < -0.3 is 9.80 Å². The average molecular weight is 328 g/mol. The van der Waals surface area contributed by atoms with Crippen molar-refractivity contribution in [2.45, 2.75) is 6.54 Å². The third kappa shape index (κ3) is 3.21. The second-order valence-electron chi connectivity index (χ2n) is 5.97. The Morgan fingerprint density at radius 1 is 1.04 bits per heavy atom. The number of hydrogen-bond acceptors (Lipinski definition) is 3. The first-order valence-electron chi connectivity index (χ1n) is 7.96. The molecule has 2 aromatic carbocycles. The molecule has 1 fully saturated rings. The van der Waals surface area contributed by atoms with E-state index in [0.29, 0.717) is 0 Å². The molecule has 3 aromatic rings. The number of hydrogen-bond donors (Lipinski definition) is 1. The van der Waals surface area contributed by atoms with E-state index in [1.54, 1.807) is 16.2 Å². The summed E-state index contributed by atoms with van der Waals surface area (Å²) >= 11 is 1.80. The van der Waals surface area contributed by atoms with Crippen LogP contribution in [0.5, 0.6) is 0 Å². The zero-order chi connectivity index (χ0) is 15.6. The van der Waals surface area contributed by atoms with Gasteiger partial charge in [0.2, 0.25) is 0 Å². The standard InChI is InChI=1S/C18H18FN3S/c19-14-5-7-15(8-6-14)22-11-9-21(10-12-22)13-18-20-16-3-1-2-4-17(16)23-18/h1-8H,9-13H2/p+1. The van der Waals surface area contributed by atoms with Gasteiger partial charge in [-0.1, -0.05) is 12.1 Å². The first-order chi connectivity index (χ1) is 11.3. The van der Waals surface area contributed by atoms with Gasteiger partial charge in [0.25, 0.3) is 0 Å². The van der Waals surface area contributed by atoms with E-state index in [2.05, 4.69) is 23.1 Å². The highest BCUT2D eigenvalue weighted by atomic mass is 32.1. The van der Waals surface area contributed by atoms with Crippen molar-refractivity contribution in [3.05, 3.63) is 59.4 Å². The van der Waals surface area contributed by atoms with Gasteiger partial charge in [0.05, 0.1) is 36.4 Å². The Bertz CT molecular complexity index is 758. The highest BCUT2D eigenvalue weighted by molar-refractivity contribution is 7.18. The van der Waals surface area contributed by atoms with Crippen LogP contribution in [0.2, 0.25) is 0 Å². The van der Waals surface area contributed by atoms with E-state index in [9.17, 15) is 4.39 Å². The molecule has 2 heterocycles. The fourth-order valence-electron chi connectivity index (χ4n) is 3.12. The van der Waals surface area contributed by atoms with Crippen molar-refractivity contribution in [2.24, 2.45) is 0 Å². The summed E-state index contributed by atoms with van der Waals surface area (Å²) in [6, 6.07) is 15.1. The number of nitrogens with zero attached hydrogens (tertiary/aromatic N) is 2. The zero-order valence-corrected chi connectivity index (χ0v) is 13.7. The van der Waals surface area contributed by atoms with Gasteiger partial charge in [-0.15, -0.1) is 11.3 Å². The first-order valence-corrected chi connectivity index (χ1v) is 8.78. The van der Waals surface area contributed by atoms with Gasteiger partial charge in [0.1, 0.15) is 17.4 Å². The second kappa shape index (κ2) is 6.26. The van der Waals surface area contributed by atoms with Gasteiger partial charge in [-0.05, 0) is 36.4 Å². The van der Waals surface area contributed by atoms with Gasteiger partial charge in [-0.2, -0.15) is 0 Å². The Morgan fingerprint density at radius 2 is 1.78 bits per heavy atom. The second-order valence-corrected chi connectivity index (χ2v) is 7.08. The number of thiazole rings is 1. The number of anilines is 1. The topological polar surface area (TPSA) is 20.6 Å². The summed E-state index contributed by atoms with van der Waals surface area (Å²) in [6.07, 6.45) is 0. The molecule has 0 bridgehead atoms. The Balaban J connectivity index is 1.38. The van der Waals surface area contributed by atoms with Gasteiger partial charge in [0, 0.05) is 5.69 Å². The number of piperazine rings is 1. The minimum atomic E-state index is -0.172. The van der Waals surface area contributed by atoms with E-state index in [0.717, 1.165) is 43.9 Å². The lowest BCUT2D eigenvalue weighted by Gasteiger charge is -2.33. The number of halogens is 1. The van der Waals surface area contributed by atoms with Crippen LogP contribution in [-0.2, 0) is 6.54 Å². The molecule has 0 aliphatic carbocycles. The fraction of sp³-hybridized carbons (Fsp3) is 0.278. The van der Waals surface area contributed by atoms with Crippen LogP contribution in [0.15, 0.2) is 48.5 Å². The minimum Gasteiger partial charge on any atom is -0.360 e. The van der Waals surface area contributed by atoms with Gasteiger partial charge in [-0.3, -0.25) is 0 Å². The molecule has 0 unspecified atom stereocenters. The lowest BCUT2D eigenvalue weighted by molar-refractivity contribution is -0.914. The molecule has 0 spiro atoms. The number of rotatable bonds is 3. The van der Waals surface area contributed by atoms with Crippen LogP contribution in [0.4, 0.5) is 10.1 Å². The van der Waals surface area contributed by atoms with E-state index in [1.165, 1.54) is 21.8 Å². The zero-order valence-electron chi connectivity index (χ0n) is 12.8. The third-order valence-corrected chi connectivity index (χ3v) is 5.44. The van der Waals surface area contributed by atoms with Crippen molar-refractivity contribution in [3.8, 4) is 0 Å². The first kappa shape index (κ1) is 14.6. The van der Waals surface area contributed by atoms with E-state index < -0.39 is 0 Å². The molecule has 1 aliphatic heterocycles. The summed E-state index contributed by atoms with van der Waals surface area (Å²) in [7, 11) is 0. The predicted octanol–water partition coefficient (Wildman–Crippen LogP) is 2.34. The lowest BCUT2D eigenvalue weighted by Crippen LogP contribution is -3.13. The minimum absolute atomic E-state index is 0.172. The van der Waals surface area contributed by atoms with Crippen LogP contribution < -0.4 is 9.80 Å². The lowest BCUT2D eigenvalue weighted by atomic mass is 10.2. The molecule has 23 heavy (non-hydrogen) atoms. The molecule has 4 rings (SSSR count). The Labute approximate surface area is 139 Å². The van der Waals surface area contributed by atoms with Gasteiger partial charge in [-0.25, -0.2) is 9.37 Å². The monoisotopic (exact) mass is 328 g/mol. The van der Waals surface area contributed by atoms with Crippen molar-refractivity contribution in [2.75, 3.05) is 31.1 Å². The molecule has 0 amide bonds. The Kier molecular flexibility index (Phi) is 3.97. The van der Waals surface area contributed by atoms with E-state index >= 15 is 0 Å². The van der Waals surface area contributed by atoms with Gasteiger partial charge >= 0.3 is 0 Å². The molecule has 0 radical (unpaired) electrons. The van der Waals surface area contributed by atoms with Crippen molar-refractivity contribution in [1.29, 1.82) is 0 Å². The third-order valence-electron chi connectivity index (χ3n) is 4.40. The average Bonchev–Trinajstić information content (AvgIpc) is 2.98. The molecular weight excluding hydrogens is 309 g/mol. The highest BCUT2D eigenvalue weighted by Gasteiger charge is 2.21. The Morgan fingerprint density at radius 3 is 2.52 bits per heavy atom. The number of benzene rings is 2. The highest BCUT2D eigenvalue weighted by Crippen LogP contribution is 2.21. The maximum absolute atomic E-state index is 13.0. The smallest absolute Gasteiger partial charge is 0.148 e. The van der Waals surface area contributed by atoms with Crippen LogP contribution in [0.1, 0.15) is 5.01 Å².